The van der Waals surface area contributed by atoms with Crippen LogP contribution in [0.3, 0.4) is 0 Å². The molecule has 1 heterocycles. The number of nitrogens with one attached hydrogen (secondary N) is 1. The van der Waals surface area contributed by atoms with Crippen molar-refractivity contribution in [1.29, 1.82) is 0 Å². The van der Waals surface area contributed by atoms with Gasteiger partial charge in [-0.3, -0.25) is 14.9 Å². The summed E-state index contributed by atoms with van der Waals surface area (Å²) in [6, 6.07) is 3.14. The number of thioether (sulfide) groups is 1. The first-order valence-corrected chi connectivity index (χ1v) is 7.57. The fourth-order valence-electron chi connectivity index (χ4n) is 1.45. The standard InChI is InChI=1S/C11H10FN5O3S2/c1-5(21-11-16-15-10(13)22-11)9(18)14-6-2-3-7(12)8(4-6)17(19)20/h2-5H,1H3,(H2,13,15)(H,14,18). The number of nitrogens with zero attached hydrogens (tertiary/aromatic N) is 3. The summed E-state index contributed by atoms with van der Waals surface area (Å²) in [7, 11) is 0. The number of benzene rings is 1. The zero-order chi connectivity index (χ0) is 16.3. The number of nitrogens with two attached hydrogens (primary N) is 1. The first-order valence-electron chi connectivity index (χ1n) is 5.87. The molecule has 0 saturated carbocycles. The van der Waals surface area contributed by atoms with Crippen LogP contribution in [0.5, 0.6) is 0 Å². The number of carbonyl (C=O) groups excluding carboxylic acids is 1. The van der Waals surface area contributed by atoms with Crippen molar-refractivity contribution in [3.63, 3.8) is 0 Å². The number of amides is 1. The summed E-state index contributed by atoms with van der Waals surface area (Å²) in [5.41, 5.74) is 4.89. The van der Waals surface area contributed by atoms with E-state index in [0.717, 1.165) is 35.2 Å². The van der Waals surface area contributed by atoms with Crippen molar-refractivity contribution in [1.82, 2.24) is 10.2 Å². The Morgan fingerprint density at radius 3 is 2.86 bits per heavy atom. The molecule has 3 N–H and O–H groups in total. The number of nitrogen functional groups attached to an aromatic ring is 1. The van der Waals surface area contributed by atoms with Crippen molar-refractivity contribution in [2.24, 2.45) is 0 Å². The second-order valence-corrected chi connectivity index (χ2v) is 6.68. The summed E-state index contributed by atoms with van der Waals surface area (Å²) in [5, 5.41) is 20.3. The first kappa shape index (κ1) is 16.1. The highest BCUT2D eigenvalue weighted by Crippen LogP contribution is 2.28. The molecule has 0 saturated heterocycles. The van der Waals surface area contributed by atoms with Gasteiger partial charge in [-0.25, -0.2) is 0 Å². The number of anilines is 2. The Morgan fingerprint density at radius 1 is 1.55 bits per heavy atom. The van der Waals surface area contributed by atoms with Crippen molar-refractivity contribution >= 4 is 45.5 Å². The van der Waals surface area contributed by atoms with Gasteiger partial charge in [0.15, 0.2) is 4.34 Å². The van der Waals surface area contributed by atoms with E-state index in [2.05, 4.69) is 15.5 Å². The topological polar surface area (TPSA) is 124 Å². The number of nitro groups is 1. The fraction of sp³-hybridized carbons (Fsp3) is 0.182. The highest BCUT2D eigenvalue weighted by molar-refractivity contribution is 8.02. The number of aromatic nitrogens is 2. The molecule has 0 spiro atoms. The van der Waals surface area contributed by atoms with Crippen LogP contribution in [0.2, 0.25) is 0 Å². The molecular formula is C11H10FN5O3S2. The Hall–Kier alpha value is -2.27. The molecule has 1 amide bonds. The lowest BCUT2D eigenvalue weighted by Gasteiger charge is -2.10. The number of nitro benzene ring substituents is 1. The number of rotatable bonds is 5. The molecule has 22 heavy (non-hydrogen) atoms. The van der Waals surface area contributed by atoms with Gasteiger partial charge in [-0.05, 0) is 19.1 Å². The average molecular weight is 343 g/mol. The van der Waals surface area contributed by atoms with E-state index in [-0.39, 0.29) is 5.69 Å². The highest BCUT2D eigenvalue weighted by Gasteiger charge is 2.19. The van der Waals surface area contributed by atoms with Gasteiger partial charge >= 0.3 is 5.69 Å². The van der Waals surface area contributed by atoms with Gasteiger partial charge in [0.1, 0.15) is 0 Å². The van der Waals surface area contributed by atoms with E-state index >= 15 is 0 Å². The van der Waals surface area contributed by atoms with Crippen LogP contribution >= 0.6 is 23.1 Å². The highest BCUT2D eigenvalue weighted by atomic mass is 32.2. The van der Waals surface area contributed by atoms with E-state index in [4.69, 9.17) is 5.73 Å². The molecule has 0 fully saturated rings. The summed E-state index contributed by atoms with van der Waals surface area (Å²) in [6.07, 6.45) is 0. The van der Waals surface area contributed by atoms with Crippen LogP contribution in [-0.2, 0) is 4.79 Å². The normalized spacial score (nSPS) is 11.9. The number of halogens is 1. The molecular weight excluding hydrogens is 333 g/mol. The van der Waals surface area contributed by atoms with Crippen molar-refractivity contribution in [3.05, 3.63) is 34.1 Å². The SMILES string of the molecule is CC(Sc1nnc(N)s1)C(=O)Nc1ccc(F)c([N+](=O)[O-])c1. The molecule has 1 atom stereocenters. The van der Waals surface area contributed by atoms with Gasteiger partial charge in [0.2, 0.25) is 16.9 Å². The molecule has 2 rings (SSSR count). The lowest BCUT2D eigenvalue weighted by molar-refractivity contribution is -0.387. The molecule has 0 aliphatic carbocycles. The minimum Gasteiger partial charge on any atom is -0.374 e. The minimum atomic E-state index is -0.963. The quantitative estimate of drug-likeness (QED) is 0.485. The monoisotopic (exact) mass is 343 g/mol. The van der Waals surface area contributed by atoms with E-state index in [1.54, 1.807) is 6.92 Å². The predicted octanol–water partition coefficient (Wildman–Crippen LogP) is 2.29. The van der Waals surface area contributed by atoms with Crippen LogP contribution < -0.4 is 11.1 Å². The molecule has 1 aromatic heterocycles. The Bertz CT molecular complexity index is 724. The molecule has 116 valence electrons. The second kappa shape index (κ2) is 6.66. The van der Waals surface area contributed by atoms with Gasteiger partial charge in [0.05, 0.1) is 10.2 Å². The van der Waals surface area contributed by atoms with Crippen molar-refractivity contribution in [3.8, 4) is 0 Å². The Labute approximate surface area is 132 Å². The Morgan fingerprint density at radius 2 is 2.27 bits per heavy atom. The van der Waals surface area contributed by atoms with E-state index in [0.29, 0.717) is 9.47 Å². The lowest BCUT2D eigenvalue weighted by atomic mass is 10.2. The summed E-state index contributed by atoms with van der Waals surface area (Å²) < 4.78 is 13.8. The van der Waals surface area contributed by atoms with Crippen LogP contribution in [-0.4, -0.2) is 26.3 Å². The molecule has 0 bridgehead atoms. The predicted molar refractivity (Wildman–Crippen MR) is 81.3 cm³/mol. The first-order chi connectivity index (χ1) is 10.4. The maximum atomic E-state index is 13.2. The largest absolute Gasteiger partial charge is 0.374 e. The average Bonchev–Trinajstić information content (AvgIpc) is 2.85. The van der Waals surface area contributed by atoms with Gasteiger partial charge in [0.25, 0.3) is 0 Å². The third-order valence-electron chi connectivity index (χ3n) is 2.48. The number of carbonyl (C=O) groups is 1. The summed E-state index contributed by atoms with van der Waals surface area (Å²) in [6.45, 7) is 1.63. The van der Waals surface area contributed by atoms with Gasteiger partial charge in [0, 0.05) is 11.8 Å². The fourth-order valence-corrected chi connectivity index (χ4v) is 3.23. The molecule has 0 aliphatic rings. The third kappa shape index (κ3) is 3.89. The second-order valence-electron chi connectivity index (χ2n) is 4.08. The molecule has 0 radical (unpaired) electrons. The summed E-state index contributed by atoms with van der Waals surface area (Å²) >= 11 is 2.30. The molecule has 2 aromatic rings. The number of hydrogen-bond acceptors (Lipinski definition) is 8. The molecule has 8 nitrogen and oxygen atoms in total. The van der Waals surface area contributed by atoms with E-state index in [9.17, 15) is 19.3 Å². The van der Waals surface area contributed by atoms with E-state index < -0.39 is 27.6 Å². The van der Waals surface area contributed by atoms with Crippen molar-refractivity contribution in [2.45, 2.75) is 16.5 Å². The third-order valence-corrected chi connectivity index (χ3v) is 4.42. The van der Waals surface area contributed by atoms with Gasteiger partial charge in [-0.2, -0.15) is 4.39 Å². The molecule has 0 aliphatic heterocycles. The Balaban J connectivity index is 2.05. The maximum absolute atomic E-state index is 13.2. The minimum absolute atomic E-state index is 0.141. The van der Waals surface area contributed by atoms with Crippen LogP contribution in [0.4, 0.5) is 20.9 Å². The van der Waals surface area contributed by atoms with Gasteiger partial charge in [-0.15, -0.1) is 10.2 Å². The molecule has 1 unspecified atom stereocenters. The zero-order valence-corrected chi connectivity index (χ0v) is 12.8. The molecule has 1 aromatic carbocycles. The smallest absolute Gasteiger partial charge is 0.306 e. The number of hydrogen-bond donors (Lipinski definition) is 2. The summed E-state index contributed by atoms with van der Waals surface area (Å²) in [5.74, 6) is -1.37. The Kier molecular flexibility index (Phi) is 4.88. The van der Waals surface area contributed by atoms with Gasteiger partial charge in [-0.1, -0.05) is 23.1 Å². The maximum Gasteiger partial charge on any atom is 0.306 e. The summed E-state index contributed by atoms with van der Waals surface area (Å²) in [4.78, 5) is 21.8. The van der Waals surface area contributed by atoms with E-state index in [1.807, 2.05) is 0 Å². The lowest BCUT2D eigenvalue weighted by Crippen LogP contribution is -2.22. The molecule has 11 heteroatoms. The van der Waals surface area contributed by atoms with E-state index in [1.165, 1.54) is 6.07 Å². The van der Waals surface area contributed by atoms with Crippen LogP contribution in [0.1, 0.15) is 6.92 Å². The van der Waals surface area contributed by atoms with Crippen LogP contribution in [0, 0.1) is 15.9 Å². The van der Waals surface area contributed by atoms with Gasteiger partial charge < -0.3 is 11.1 Å². The van der Waals surface area contributed by atoms with Crippen molar-refractivity contribution in [2.75, 3.05) is 11.1 Å². The van der Waals surface area contributed by atoms with Crippen LogP contribution in [0.25, 0.3) is 0 Å². The van der Waals surface area contributed by atoms with Crippen LogP contribution in [0.15, 0.2) is 22.5 Å². The van der Waals surface area contributed by atoms with Crippen molar-refractivity contribution < 1.29 is 14.1 Å². The zero-order valence-electron chi connectivity index (χ0n) is 11.1.